The first-order chi connectivity index (χ1) is 8.95. The topological polar surface area (TPSA) is 37.8 Å². The zero-order chi connectivity index (χ0) is 13.9. The molecule has 3 nitrogen and oxygen atoms in total. The van der Waals surface area contributed by atoms with Crippen LogP contribution in [0.5, 0.6) is 0 Å². The van der Waals surface area contributed by atoms with Crippen LogP contribution in [0.2, 0.25) is 0 Å². The molecule has 2 aromatic rings. The van der Waals surface area contributed by atoms with Crippen LogP contribution in [-0.4, -0.2) is 9.97 Å². The molecule has 100 valence electrons. The fourth-order valence-corrected chi connectivity index (χ4v) is 1.63. The molecule has 0 aliphatic heterocycles. The van der Waals surface area contributed by atoms with E-state index in [9.17, 15) is 13.2 Å². The summed E-state index contributed by atoms with van der Waals surface area (Å²) in [7, 11) is 0. The van der Waals surface area contributed by atoms with Gasteiger partial charge in [0.25, 0.3) is 0 Å². The van der Waals surface area contributed by atoms with Crippen molar-refractivity contribution in [2.24, 2.45) is 0 Å². The monoisotopic (exact) mass is 331 g/mol. The van der Waals surface area contributed by atoms with Crippen molar-refractivity contribution < 1.29 is 13.2 Å². The van der Waals surface area contributed by atoms with Crippen LogP contribution in [-0.2, 0) is 12.7 Å². The van der Waals surface area contributed by atoms with Crippen LogP contribution in [0.1, 0.15) is 11.4 Å². The summed E-state index contributed by atoms with van der Waals surface area (Å²) in [6, 6.07) is 6.05. The van der Waals surface area contributed by atoms with Gasteiger partial charge in [0, 0.05) is 22.6 Å². The summed E-state index contributed by atoms with van der Waals surface area (Å²) < 4.78 is 38.2. The van der Waals surface area contributed by atoms with E-state index < -0.39 is 11.9 Å². The Hall–Kier alpha value is -1.63. The van der Waals surface area contributed by atoms with Crippen molar-refractivity contribution in [3.63, 3.8) is 0 Å². The van der Waals surface area contributed by atoms with Gasteiger partial charge in [-0.15, -0.1) is 0 Å². The molecular formula is C12H9BrF3N3. The smallest absolute Gasteiger partial charge is 0.379 e. The van der Waals surface area contributed by atoms with Crippen molar-refractivity contribution >= 4 is 21.6 Å². The van der Waals surface area contributed by atoms with Gasteiger partial charge < -0.3 is 5.32 Å². The van der Waals surface area contributed by atoms with E-state index in [1.54, 1.807) is 12.3 Å². The predicted octanol–water partition coefficient (Wildman–Crippen LogP) is 3.87. The van der Waals surface area contributed by atoms with Crippen LogP contribution >= 0.6 is 15.9 Å². The maximum absolute atomic E-state index is 12.5. The molecule has 0 aromatic carbocycles. The molecule has 1 N–H and O–H groups in total. The number of halogens is 4. The fourth-order valence-electron chi connectivity index (χ4n) is 1.40. The lowest BCUT2D eigenvalue weighted by Crippen LogP contribution is -2.09. The minimum Gasteiger partial charge on any atom is -0.379 e. The second-order valence-electron chi connectivity index (χ2n) is 3.75. The van der Waals surface area contributed by atoms with E-state index in [0.717, 1.165) is 22.4 Å². The van der Waals surface area contributed by atoms with Crippen LogP contribution in [0.4, 0.5) is 18.9 Å². The molecule has 0 amide bonds. The molecule has 0 bridgehead atoms. The third-order valence-corrected chi connectivity index (χ3v) is 2.78. The number of rotatable bonds is 3. The minimum atomic E-state index is -4.44. The van der Waals surface area contributed by atoms with Crippen molar-refractivity contribution in [3.8, 4) is 0 Å². The lowest BCUT2D eigenvalue weighted by Gasteiger charge is -2.09. The molecule has 2 rings (SSSR count). The minimum absolute atomic E-state index is 0.342. The molecule has 0 spiro atoms. The summed E-state index contributed by atoms with van der Waals surface area (Å²) in [5.41, 5.74) is 0.168. The van der Waals surface area contributed by atoms with Crippen molar-refractivity contribution in [1.82, 2.24) is 9.97 Å². The molecule has 0 unspecified atom stereocenters. The molecule has 19 heavy (non-hydrogen) atoms. The molecule has 7 heteroatoms. The van der Waals surface area contributed by atoms with E-state index in [0.29, 0.717) is 12.2 Å². The van der Waals surface area contributed by atoms with Gasteiger partial charge in [0.1, 0.15) is 5.69 Å². The van der Waals surface area contributed by atoms with Gasteiger partial charge in [0.05, 0.1) is 12.2 Å². The second kappa shape index (κ2) is 5.56. The molecule has 0 aliphatic rings. The van der Waals surface area contributed by atoms with E-state index >= 15 is 0 Å². The van der Waals surface area contributed by atoms with Crippen LogP contribution < -0.4 is 5.32 Å². The van der Waals surface area contributed by atoms with Crippen molar-refractivity contribution in [2.75, 3.05) is 5.32 Å². The zero-order valence-corrected chi connectivity index (χ0v) is 11.2. The maximum atomic E-state index is 12.5. The van der Waals surface area contributed by atoms with Gasteiger partial charge in [0.2, 0.25) is 0 Å². The van der Waals surface area contributed by atoms with E-state index in [2.05, 4.69) is 31.2 Å². The number of hydrogen-bond donors (Lipinski definition) is 1. The van der Waals surface area contributed by atoms with E-state index in [1.165, 1.54) is 6.07 Å². The van der Waals surface area contributed by atoms with Gasteiger partial charge >= 0.3 is 6.18 Å². The second-order valence-corrected chi connectivity index (χ2v) is 4.66. The Morgan fingerprint density at radius 3 is 2.58 bits per heavy atom. The Morgan fingerprint density at radius 2 is 1.95 bits per heavy atom. The Labute approximate surface area is 116 Å². The summed E-state index contributed by atoms with van der Waals surface area (Å²) in [6.45, 7) is 0.342. The molecule has 0 aliphatic carbocycles. The van der Waals surface area contributed by atoms with Gasteiger partial charge in [-0.05, 0) is 40.2 Å². The van der Waals surface area contributed by atoms with Gasteiger partial charge in [-0.3, -0.25) is 9.97 Å². The van der Waals surface area contributed by atoms with Gasteiger partial charge in [-0.1, -0.05) is 0 Å². The largest absolute Gasteiger partial charge is 0.433 e. The Morgan fingerprint density at radius 1 is 1.16 bits per heavy atom. The van der Waals surface area contributed by atoms with Gasteiger partial charge in [-0.2, -0.15) is 13.2 Å². The average molecular weight is 332 g/mol. The highest BCUT2D eigenvalue weighted by molar-refractivity contribution is 9.10. The molecule has 0 atom stereocenters. The Bertz CT molecular complexity index is 555. The molecular weight excluding hydrogens is 323 g/mol. The third-order valence-electron chi connectivity index (χ3n) is 2.31. The lowest BCUT2D eigenvalue weighted by molar-refractivity contribution is -0.141. The van der Waals surface area contributed by atoms with E-state index in [-0.39, 0.29) is 0 Å². The SMILES string of the molecule is FC(F)(F)c1cc(NCc2ccc(Br)cn2)ccn1. The van der Waals surface area contributed by atoms with Crippen molar-refractivity contribution in [3.05, 3.63) is 52.5 Å². The van der Waals surface area contributed by atoms with Gasteiger partial charge in [-0.25, -0.2) is 0 Å². The summed E-state index contributed by atoms with van der Waals surface area (Å²) >= 11 is 3.26. The molecule has 2 aromatic heterocycles. The fraction of sp³-hybridized carbons (Fsp3) is 0.167. The summed E-state index contributed by atoms with van der Waals surface area (Å²) in [6.07, 6.45) is -1.68. The summed E-state index contributed by atoms with van der Waals surface area (Å²) in [4.78, 5) is 7.41. The summed E-state index contributed by atoms with van der Waals surface area (Å²) in [5, 5.41) is 2.88. The van der Waals surface area contributed by atoms with Crippen molar-refractivity contribution in [1.29, 1.82) is 0 Å². The van der Waals surface area contributed by atoms with Crippen LogP contribution in [0.25, 0.3) is 0 Å². The number of nitrogens with zero attached hydrogens (tertiary/aromatic N) is 2. The maximum Gasteiger partial charge on any atom is 0.433 e. The molecule has 2 heterocycles. The number of aromatic nitrogens is 2. The molecule has 0 saturated heterocycles. The molecule has 0 fully saturated rings. The predicted molar refractivity (Wildman–Crippen MR) is 68.5 cm³/mol. The van der Waals surface area contributed by atoms with Crippen molar-refractivity contribution in [2.45, 2.75) is 12.7 Å². The highest BCUT2D eigenvalue weighted by Crippen LogP contribution is 2.28. The average Bonchev–Trinajstić information content (AvgIpc) is 2.37. The first-order valence-electron chi connectivity index (χ1n) is 5.33. The molecule has 0 radical (unpaired) electrons. The Balaban J connectivity index is 2.05. The highest BCUT2D eigenvalue weighted by Gasteiger charge is 2.32. The number of alkyl halides is 3. The van der Waals surface area contributed by atoms with Crippen LogP contribution in [0.15, 0.2) is 41.1 Å². The summed E-state index contributed by atoms with van der Waals surface area (Å²) in [5.74, 6) is 0. The Kier molecular flexibility index (Phi) is 4.04. The first-order valence-corrected chi connectivity index (χ1v) is 6.12. The van der Waals surface area contributed by atoms with E-state index in [4.69, 9.17) is 0 Å². The molecule has 0 saturated carbocycles. The van der Waals surface area contributed by atoms with Crippen LogP contribution in [0, 0.1) is 0 Å². The first kappa shape index (κ1) is 13.8. The quantitative estimate of drug-likeness (QED) is 0.927. The normalized spacial score (nSPS) is 11.4. The standard InChI is InChI=1S/C12H9BrF3N3/c13-8-1-2-10(18-6-8)7-19-9-3-4-17-11(5-9)12(14,15)16/h1-6H,7H2,(H,17,19). The van der Waals surface area contributed by atoms with Crippen LogP contribution in [0.3, 0.4) is 0 Å². The lowest BCUT2D eigenvalue weighted by atomic mass is 10.3. The highest BCUT2D eigenvalue weighted by atomic mass is 79.9. The third kappa shape index (κ3) is 3.92. The van der Waals surface area contributed by atoms with E-state index in [1.807, 2.05) is 6.07 Å². The number of hydrogen-bond acceptors (Lipinski definition) is 3. The number of anilines is 1. The number of pyridine rings is 2. The zero-order valence-electron chi connectivity index (χ0n) is 9.58. The van der Waals surface area contributed by atoms with Gasteiger partial charge in [0.15, 0.2) is 0 Å². The number of nitrogens with one attached hydrogen (secondary N) is 1.